The van der Waals surface area contributed by atoms with Crippen LogP contribution in [0.1, 0.15) is 38.8 Å². The van der Waals surface area contributed by atoms with Gasteiger partial charge in [-0.3, -0.25) is 0 Å². The Morgan fingerprint density at radius 1 is 0.784 bits per heavy atom. The minimum Gasteiger partial charge on any atom is -0.491 e. The zero-order valence-electron chi connectivity index (χ0n) is 22.1. The van der Waals surface area contributed by atoms with Gasteiger partial charge in [-0.05, 0) is 49.2 Å². The van der Waals surface area contributed by atoms with Gasteiger partial charge in [-0.2, -0.15) is 0 Å². The van der Waals surface area contributed by atoms with Crippen LogP contribution in [-0.4, -0.2) is 61.4 Å². The molecule has 202 valence electrons. The van der Waals surface area contributed by atoms with E-state index >= 15 is 0 Å². The maximum atomic E-state index is 11.4. The predicted octanol–water partition coefficient (Wildman–Crippen LogP) is 4.14. The van der Waals surface area contributed by atoms with Gasteiger partial charge >= 0.3 is 5.97 Å². The van der Waals surface area contributed by atoms with E-state index in [1.54, 1.807) is 6.92 Å². The zero-order valence-corrected chi connectivity index (χ0v) is 22.1. The van der Waals surface area contributed by atoms with Crippen LogP contribution in [0.2, 0.25) is 0 Å². The Bertz CT molecular complexity index is 1010. The number of hydrogen-bond donors (Lipinski definition) is 2. The van der Waals surface area contributed by atoms with Gasteiger partial charge in [0.05, 0.1) is 0 Å². The number of aliphatic hydroxyl groups excluding tert-OH is 2. The summed E-state index contributed by atoms with van der Waals surface area (Å²) in [7, 11) is 0. The molecule has 0 fully saturated rings. The van der Waals surface area contributed by atoms with Crippen molar-refractivity contribution in [3.8, 4) is 11.5 Å². The SMILES string of the molecule is C=C(C)COOCC(O)COc1ccc(C(C)(C)c2ccc(OCC(O)COC(=O)C(=C)C)cc2)cc1. The lowest BCUT2D eigenvalue weighted by molar-refractivity contribution is -0.299. The topological polar surface area (TPSA) is 104 Å². The summed E-state index contributed by atoms with van der Waals surface area (Å²) in [5.41, 5.74) is 2.97. The average Bonchev–Trinajstić information content (AvgIpc) is 2.87. The van der Waals surface area contributed by atoms with Crippen LogP contribution < -0.4 is 9.47 Å². The van der Waals surface area contributed by atoms with Gasteiger partial charge in [-0.1, -0.05) is 56.8 Å². The Kier molecular flexibility index (Phi) is 11.8. The van der Waals surface area contributed by atoms with Gasteiger partial charge < -0.3 is 24.4 Å². The molecule has 0 aliphatic carbocycles. The van der Waals surface area contributed by atoms with Crippen molar-refractivity contribution in [3.05, 3.63) is 84.0 Å². The fraction of sp³-hybridized carbons (Fsp3) is 0.414. The van der Waals surface area contributed by atoms with E-state index in [9.17, 15) is 15.0 Å². The molecule has 2 atom stereocenters. The number of hydrogen-bond acceptors (Lipinski definition) is 8. The second-order valence-electron chi connectivity index (χ2n) is 9.49. The van der Waals surface area contributed by atoms with E-state index < -0.39 is 18.2 Å². The Morgan fingerprint density at radius 2 is 1.24 bits per heavy atom. The standard InChI is InChI=1S/C29H38O8/c1-20(2)15-36-37-19-25(31)17-34-27-13-9-23(10-14-27)29(5,6)22-7-11-26(12-8-22)33-16-24(30)18-35-28(32)21(3)4/h7-14,24-25,30-31H,1,3,15-19H2,2,4-6H3. The molecule has 0 radical (unpaired) electrons. The Labute approximate surface area is 219 Å². The molecular weight excluding hydrogens is 476 g/mol. The monoisotopic (exact) mass is 514 g/mol. The number of carbonyl (C=O) groups is 1. The molecule has 0 aromatic heterocycles. The molecular formula is C29H38O8. The molecule has 2 N–H and O–H groups in total. The van der Waals surface area contributed by atoms with Gasteiger partial charge in [-0.25, -0.2) is 14.6 Å². The first-order valence-electron chi connectivity index (χ1n) is 12.0. The van der Waals surface area contributed by atoms with Gasteiger partial charge in [0.25, 0.3) is 0 Å². The molecule has 0 saturated carbocycles. The molecule has 2 unspecified atom stereocenters. The van der Waals surface area contributed by atoms with Gasteiger partial charge in [0, 0.05) is 11.0 Å². The van der Waals surface area contributed by atoms with Crippen molar-refractivity contribution in [2.45, 2.75) is 45.3 Å². The zero-order chi connectivity index (χ0) is 27.4. The number of esters is 1. The predicted molar refractivity (Wildman–Crippen MR) is 141 cm³/mol. The van der Waals surface area contributed by atoms with E-state index in [1.165, 1.54) is 0 Å². The van der Waals surface area contributed by atoms with E-state index in [4.69, 9.17) is 24.0 Å². The highest BCUT2D eigenvalue weighted by molar-refractivity contribution is 5.86. The average molecular weight is 515 g/mol. The normalized spacial score (nSPS) is 12.9. The molecule has 0 saturated heterocycles. The van der Waals surface area contributed by atoms with Crippen LogP contribution in [0.3, 0.4) is 0 Å². The molecule has 0 aliphatic heterocycles. The maximum Gasteiger partial charge on any atom is 0.333 e. The van der Waals surface area contributed by atoms with Crippen LogP contribution in [0, 0.1) is 0 Å². The van der Waals surface area contributed by atoms with E-state index in [-0.39, 0.29) is 44.0 Å². The first-order valence-corrected chi connectivity index (χ1v) is 12.0. The Hall–Kier alpha value is -3.17. The summed E-state index contributed by atoms with van der Waals surface area (Å²) in [6.07, 6.45) is -1.77. The van der Waals surface area contributed by atoms with Gasteiger partial charge in [-0.15, -0.1) is 0 Å². The number of rotatable bonds is 16. The lowest BCUT2D eigenvalue weighted by Crippen LogP contribution is -2.25. The van der Waals surface area contributed by atoms with Crippen LogP contribution in [0.4, 0.5) is 0 Å². The lowest BCUT2D eigenvalue weighted by Gasteiger charge is -2.26. The smallest absolute Gasteiger partial charge is 0.333 e. The second kappa shape index (κ2) is 14.5. The summed E-state index contributed by atoms with van der Waals surface area (Å²) in [5.74, 6) is 0.691. The fourth-order valence-corrected chi connectivity index (χ4v) is 3.15. The highest BCUT2D eigenvalue weighted by Gasteiger charge is 2.23. The van der Waals surface area contributed by atoms with E-state index in [0.717, 1.165) is 16.7 Å². The molecule has 0 heterocycles. The summed E-state index contributed by atoms with van der Waals surface area (Å²) in [6, 6.07) is 15.3. The van der Waals surface area contributed by atoms with E-state index in [1.807, 2.05) is 55.5 Å². The van der Waals surface area contributed by atoms with Crippen LogP contribution in [0.5, 0.6) is 11.5 Å². The van der Waals surface area contributed by atoms with E-state index in [0.29, 0.717) is 11.5 Å². The molecule has 2 rings (SSSR count). The molecule has 0 aliphatic rings. The van der Waals surface area contributed by atoms with Gasteiger partial charge in [0.1, 0.15) is 56.7 Å². The molecule has 37 heavy (non-hydrogen) atoms. The van der Waals surface area contributed by atoms with Crippen LogP contribution in [-0.2, 0) is 24.7 Å². The van der Waals surface area contributed by atoms with Crippen LogP contribution in [0.15, 0.2) is 72.8 Å². The quantitative estimate of drug-likeness (QED) is 0.0861. The highest BCUT2D eigenvalue weighted by atomic mass is 17.2. The van der Waals surface area contributed by atoms with Crippen molar-refractivity contribution in [1.82, 2.24) is 0 Å². The van der Waals surface area contributed by atoms with Crippen molar-refractivity contribution in [2.75, 3.05) is 33.0 Å². The summed E-state index contributed by atoms with van der Waals surface area (Å²) < 4.78 is 16.2. The second-order valence-corrected chi connectivity index (χ2v) is 9.49. The minimum absolute atomic E-state index is 0.000470. The molecule has 2 aromatic carbocycles. The Balaban J connectivity index is 1.84. The minimum atomic E-state index is -0.941. The summed E-state index contributed by atoms with van der Waals surface area (Å²) in [4.78, 5) is 21.3. The van der Waals surface area contributed by atoms with Gasteiger partial charge in [0.2, 0.25) is 0 Å². The number of ether oxygens (including phenoxy) is 3. The molecule has 8 nitrogen and oxygen atoms in total. The van der Waals surface area contributed by atoms with Crippen molar-refractivity contribution in [3.63, 3.8) is 0 Å². The molecule has 0 amide bonds. The van der Waals surface area contributed by atoms with Crippen LogP contribution in [0.25, 0.3) is 0 Å². The van der Waals surface area contributed by atoms with Crippen LogP contribution >= 0.6 is 0 Å². The van der Waals surface area contributed by atoms with Crippen molar-refractivity contribution in [2.24, 2.45) is 0 Å². The maximum absolute atomic E-state index is 11.4. The molecule has 2 aromatic rings. The first kappa shape index (κ1) is 30.1. The fourth-order valence-electron chi connectivity index (χ4n) is 3.15. The number of carbonyl (C=O) groups excluding carboxylic acids is 1. The number of aliphatic hydroxyl groups is 2. The largest absolute Gasteiger partial charge is 0.491 e. The lowest BCUT2D eigenvalue weighted by atomic mass is 9.78. The van der Waals surface area contributed by atoms with E-state index in [2.05, 4.69) is 27.0 Å². The van der Waals surface area contributed by atoms with Crippen molar-refractivity contribution >= 4 is 5.97 Å². The highest BCUT2D eigenvalue weighted by Crippen LogP contribution is 2.33. The molecule has 0 bridgehead atoms. The third-order valence-electron chi connectivity index (χ3n) is 5.44. The molecule has 0 spiro atoms. The summed E-state index contributed by atoms with van der Waals surface area (Å²) >= 11 is 0. The van der Waals surface area contributed by atoms with Gasteiger partial charge in [0.15, 0.2) is 0 Å². The third kappa shape index (κ3) is 10.4. The van der Waals surface area contributed by atoms with Crippen molar-refractivity contribution in [1.29, 1.82) is 0 Å². The van der Waals surface area contributed by atoms with Crippen molar-refractivity contribution < 1.29 is 39.0 Å². The first-order chi connectivity index (χ1) is 17.5. The molecule has 8 heteroatoms. The third-order valence-corrected chi connectivity index (χ3v) is 5.44. The number of benzene rings is 2. The summed E-state index contributed by atoms with van der Waals surface area (Å²) in [5, 5.41) is 19.9. The Morgan fingerprint density at radius 3 is 1.68 bits per heavy atom. The summed E-state index contributed by atoms with van der Waals surface area (Å²) in [6.45, 7) is 15.0.